The van der Waals surface area contributed by atoms with Crippen molar-refractivity contribution in [1.82, 2.24) is 0 Å². The Morgan fingerprint density at radius 1 is 1.50 bits per heavy atom. The van der Waals surface area contributed by atoms with Crippen molar-refractivity contribution in [2.75, 3.05) is 32.7 Å². The Bertz CT molecular complexity index is 491. The van der Waals surface area contributed by atoms with E-state index in [-0.39, 0.29) is 23.9 Å². The van der Waals surface area contributed by atoms with Gasteiger partial charge in [0.05, 0.1) is 17.6 Å². The van der Waals surface area contributed by atoms with Crippen LogP contribution in [0.2, 0.25) is 0 Å². The number of hydrogen-bond donors (Lipinski definition) is 2. The molecule has 0 saturated heterocycles. The van der Waals surface area contributed by atoms with Crippen LogP contribution in [-0.2, 0) is 9.47 Å². The molecule has 0 saturated carbocycles. The van der Waals surface area contributed by atoms with E-state index < -0.39 is 16.6 Å². The smallest absolute Gasteiger partial charge is 0.342 e. The molecule has 8 nitrogen and oxygen atoms in total. The number of nitrogens with one attached hydrogen (secondary N) is 1. The molecule has 1 aromatic rings. The second kappa shape index (κ2) is 7.41. The molecule has 1 unspecified atom stereocenters. The number of carboxylic acid groups (broad SMARTS) is 1. The molecule has 0 radical (unpaired) electrons. The van der Waals surface area contributed by atoms with E-state index in [1.54, 1.807) is 0 Å². The normalized spacial score (nSPS) is 11.9. The topological polar surface area (TPSA) is 111 Å². The maximum atomic E-state index is 11.0. The Kier molecular flexibility index (Phi) is 5.88. The number of methoxy groups -OCH3 is 2. The van der Waals surface area contributed by atoms with Crippen LogP contribution < -0.4 is 5.32 Å². The minimum Gasteiger partial charge on any atom is -0.477 e. The van der Waals surface area contributed by atoms with E-state index in [2.05, 4.69) is 5.32 Å². The first-order valence-electron chi connectivity index (χ1n) is 5.77. The fourth-order valence-electron chi connectivity index (χ4n) is 1.68. The van der Waals surface area contributed by atoms with E-state index in [1.165, 1.54) is 32.4 Å². The summed E-state index contributed by atoms with van der Waals surface area (Å²) in [6.07, 6.45) is -0.298. The van der Waals surface area contributed by atoms with Gasteiger partial charge in [0.2, 0.25) is 0 Å². The largest absolute Gasteiger partial charge is 0.477 e. The molecular formula is C12H16N2O6. The Hall–Kier alpha value is -2.19. The van der Waals surface area contributed by atoms with Crippen LogP contribution in [0.1, 0.15) is 10.4 Å². The average molecular weight is 284 g/mol. The van der Waals surface area contributed by atoms with Gasteiger partial charge in [-0.05, 0) is 12.1 Å². The molecule has 0 bridgehead atoms. The summed E-state index contributed by atoms with van der Waals surface area (Å²) in [5.41, 5.74) is -0.693. The van der Waals surface area contributed by atoms with Crippen LogP contribution in [0.3, 0.4) is 0 Å². The molecule has 0 aliphatic heterocycles. The lowest BCUT2D eigenvalue weighted by atomic mass is 10.1. The van der Waals surface area contributed by atoms with Crippen LogP contribution in [0.25, 0.3) is 0 Å². The van der Waals surface area contributed by atoms with Crippen LogP contribution in [0.5, 0.6) is 0 Å². The first kappa shape index (κ1) is 15.9. The minimum absolute atomic E-state index is 0.132. The number of para-hydroxylation sites is 1. The highest BCUT2D eigenvalue weighted by Gasteiger charge is 2.24. The van der Waals surface area contributed by atoms with Gasteiger partial charge in [0, 0.05) is 20.8 Å². The summed E-state index contributed by atoms with van der Waals surface area (Å²) >= 11 is 0. The molecule has 0 aliphatic rings. The number of hydrogen-bond acceptors (Lipinski definition) is 6. The Balaban J connectivity index is 2.97. The third-order valence-electron chi connectivity index (χ3n) is 2.66. The lowest BCUT2D eigenvalue weighted by Gasteiger charge is -2.16. The maximum absolute atomic E-state index is 11.0. The van der Waals surface area contributed by atoms with Gasteiger partial charge in [0.25, 0.3) is 0 Å². The molecule has 8 heteroatoms. The van der Waals surface area contributed by atoms with Crippen LogP contribution >= 0.6 is 0 Å². The summed E-state index contributed by atoms with van der Waals surface area (Å²) in [6.45, 7) is 0.574. The predicted octanol–water partition coefficient (Wildman–Crippen LogP) is 1.37. The van der Waals surface area contributed by atoms with Gasteiger partial charge in [0.15, 0.2) is 0 Å². The average Bonchev–Trinajstić information content (AvgIpc) is 2.42. The zero-order valence-electron chi connectivity index (χ0n) is 11.2. The molecular weight excluding hydrogens is 268 g/mol. The van der Waals surface area contributed by atoms with Crippen molar-refractivity contribution in [3.63, 3.8) is 0 Å². The fourth-order valence-corrected chi connectivity index (χ4v) is 1.68. The van der Waals surface area contributed by atoms with Gasteiger partial charge in [-0.25, -0.2) is 4.79 Å². The maximum Gasteiger partial charge on any atom is 0.342 e. The van der Waals surface area contributed by atoms with E-state index >= 15 is 0 Å². The SMILES string of the molecule is COCC(CNc1cccc(C(=O)O)c1[N+](=O)[O-])OC. The van der Waals surface area contributed by atoms with Crippen molar-refractivity contribution in [3.05, 3.63) is 33.9 Å². The number of rotatable bonds is 8. The van der Waals surface area contributed by atoms with Crippen molar-refractivity contribution in [3.8, 4) is 0 Å². The van der Waals surface area contributed by atoms with Crippen LogP contribution in [0, 0.1) is 10.1 Å². The molecule has 0 aromatic heterocycles. The number of nitrogens with zero attached hydrogens (tertiary/aromatic N) is 1. The molecule has 0 heterocycles. The minimum atomic E-state index is -1.35. The summed E-state index contributed by atoms with van der Waals surface area (Å²) in [7, 11) is 3.01. The lowest BCUT2D eigenvalue weighted by Crippen LogP contribution is -2.27. The Morgan fingerprint density at radius 3 is 2.70 bits per heavy atom. The second-order valence-electron chi connectivity index (χ2n) is 3.96. The van der Waals surface area contributed by atoms with Crippen molar-refractivity contribution in [2.24, 2.45) is 0 Å². The number of carbonyl (C=O) groups is 1. The summed E-state index contributed by atoms with van der Waals surface area (Å²) in [6, 6.07) is 4.08. The van der Waals surface area contributed by atoms with Crippen molar-refractivity contribution in [1.29, 1.82) is 0 Å². The van der Waals surface area contributed by atoms with Crippen molar-refractivity contribution >= 4 is 17.3 Å². The molecule has 110 valence electrons. The van der Waals surface area contributed by atoms with E-state index in [9.17, 15) is 14.9 Å². The van der Waals surface area contributed by atoms with Crippen LogP contribution in [-0.4, -0.2) is 49.5 Å². The highest BCUT2D eigenvalue weighted by atomic mass is 16.6. The highest BCUT2D eigenvalue weighted by Crippen LogP contribution is 2.28. The number of anilines is 1. The lowest BCUT2D eigenvalue weighted by molar-refractivity contribution is -0.384. The zero-order chi connectivity index (χ0) is 15.1. The van der Waals surface area contributed by atoms with Gasteiger partial charge in [-0.15, -0.1) is 0 Å². The molecule has 1 atom stereocenters. The number of carboxylic acids is 1. The third kappa shape index (κ3) is 3.90. The number of nitro benzene ring substituents is 1. The number of ether oxygens (including phenoxy) is 2. The van der Waals surface area contributed by atoms with E-state index in [0.29, 0.717) is 6.61 Å². The van der Waals surface area contributed by atoms with Gasteiger partial charge in [-0.1, -0.05) is 6.07 Å². The second-order valence-corrected chi connectivity index (χ2v) is 3.96. The van der Waals surface area contributed by atoms with Crippen LogP contribution in [0.15, 0.2) is 18.2 Å². The highest BCUT2D eigenvalue weighted by molar-refractivity contribution is 5.95. The Labute approximate surface area is 115 Å². The molecule has 20 heavy (non-hydrogen) atoms. The molecule has 0 amide bonds. The summed E-state index contributed by atoms with van der Waals surface area (Å²) < 4.78 is 10.0. The zero-order valence-corrected chi connectivity index (χ0v) is 11.2. The van der Waals surface area contributed by atoms with Crippen molar-refractivity contribution in [2.45, 2.75) is 6.10 Å². The first-order valence-corrected chi connectivity index (χ1v) is 5.77. The summed E-state index contributed by atoms with van der Waals surface area (Å²) in [5.74, 6) is -1.35. The van der Waals surface area contributed by atoms with Gasteiger partial charge < -0.3 is 19.9 Å². The molecule has 1 rings (SSSR count). The predicted molar refractivity (Wildman–Crippen MR) is 71.2 cm³/mol. The Morgan fingerprint density at radius 2 is 2.20 bits per heavy atom. The summed E-state index contributed by atoms with van der Waals surface area (Å²) in [5, 5.41) is 22.8. The van der Waals surface area contributed by atoms with E-state index in [1.807, 2.05) is 0 Å². The number of nitro groups is 1. The number of aromatic carboxylic acids is 1. The van der Waals surface area contributed by atoms with E-state index in [0.717, 1.165) is 0 Å². The first-order chi connectivity index (χ1) is 9.51. The van der Waals surface area contributed by atoms with Gasteiger partial charge in [-0.2, -0.15) is 0 Å². The van der Waals surface area contributed by atoms with Gasteiger partial charge in [0.1, 0.15) is 11.3 Å². The molecule has 0 fully saturated rings. The quantitative estimate of drug-likeness (QED) is 0.547. The summed E-state index contributed by atoms with van der Waals surface area (Å²) in [4.78, 5) is 21.3. The van der Waals surface area contributed by atoms with E-state index in [4.69, 9.17) is 14.6 Å². The third-order valence-corrected chi connectivity index (χ3v) is 2.66. The van der Waals surface area contributed by atoms with Crippen LogP contribution in [0.4, 0.5) is 11.4 Å². The van der Waals surface area contributed by atoms with Gasteiger partial charge in [-0.3, -0.25) is 10.1 Å². The molecule has 1 aromatic carbocycles. The molecule has 0 spiro atoms. The molecule has 2 N–H and O–H groups in total. The number of benzene rings is 1. The fraction of sp³-hybridized carbons (Fsp3) is 0.417. The molecule has 0 aliphatic carbocycles. The monoisotopic (exact) mass is 284 g/mol. The van der Waals surface area contributed by atoms with Crippen molar-refractivity contribution < 1.29 is 24.3 Å². The van der Waals surface area contributed by atoms with Gasteiger partial charge >= 0.3 is 11.7 Å². The standard InChI is InChI=1S/C12H16N2O6/c1-19-7-8(20-2)6-13-10-5-3-4-9(12(15)16)11(10)14(17)18/h3-5,8,13H,6-7H2,1-2H3,(H,15,16).